The van der Waals surface area contributed by atoms with Crippen molar-refractivity contribution in [3.63, 3.8) is 0 Å². The summed E-state index contributed by atoms with van der Waals surface area (Å²) in [6.45, 7) is 5.76. The highest BCUT2D eigenvalue weighted by atomic mass is 16.1. The van der Waals surface area contributed by atoms with Gasteiger partial charge in [-0.2, -0.15) is 0 Å². The zero-order valence-electron chi connectivity index (χ0n) is 11.5. The summed E-state index contributed by atoms with van der Waals surface area (Å²) in [7, 11) is 0. The van der Waals surface area contributed by atoms with E-state index in [1.807, 2.05) is 19.9 Å². The van der Waals surface area contributed by atoms with Crippen molar-refractivity contribution in [1.82, 2.24) is 9.88 Å². The zero-order chi connectivity index (χ0) is 13.0. The van der Waals surface area contributed by atoms with Crippen molar-refractivity contribution in [3.05, 3.63) is 23.5 Å². The molecule has 0 unspecified atom stereocenters. The smallest absolute Gasteiger partial charge is 0.253 e. The predicted octanol–water partition coefficient (Wildman–Crippen LogP) is 3.13. The average molecular weight is 248 g/mol. The van der Waals surface area contributed by atoms with Crippen molar-refractivity contribution in [2.75, 3.05) is 6.54 Å². The van der Waals surface area contributed by atoms with E-state index in [-0.39, 0.29) is 5.91 Å². The monoisotopic (exact) mass is 248 g/mol. The summed E-state index contributed by atoms with van der Waals surface area (Å²) < 4.78 is 2.25. The first-order valence-corrected chi connectivity index (χ1v) is 7.16. The van der Waals surface area contributed by atoms with Crippen molar-refractivity contribution in [3.8, 4) is 0 Å². The van der Waals surface area contributed by atoms with Gasteiger partial charge in [0.05, 0.1) is 5.56 Å². The van der Waals surface area contributed by atoms with Gasteiger partial charge in [-0.05, 0) is 38.7 Å². The summed E-state index contributed by atoms with van der Waals surface area (Å²) in [4.78, 5) is 11.8. The highest BCUT2D eigenvalue weighted by Gasteiger charge is 2.17. The minimum atomic E-state index is 0.0531. The number of nitrogens with one attached hydrogen (secondary N) is 1. The summed E-state index contributed by atoms with van der Waals surface area (Å²) in [6, 6.07) is 1.95. The Labute approximate surface area is 110 Å². The summed E-state index contributed by atoms with van der Waals surface area (Å²) in [5.41, 5.74) is 1.93. The molecule has 100 valence electrons. The Kier molecular flexibility index (Phi) is 4.45. The van der Waals surface area contributed by atoms with Crippen LogP contribution in [0.25, 0.3) is 0 Å². The van der Waals surface area contributed by atoms with Crippen LogP contribution in [0.5, 0.6) is 0 Å². The van der Waals surface area contributed by atoms with Crippen LogP contribution in [0.4, 0.5) is 0 Å². The standard InChI is InChI=1S/C15H24N2O/c1-3-16-15(18)14-9-10-17(12(14)2)11-13-7-5-4-6-8-13/h9-10,13H,3-8,11H2,1-2H3,(H,16,18). The van der Waals surface area contributed by atoms with Gasteiger partial charge in [-0.3, -0.25) is 4.79 Å². The second kappa shape index (κ2) is 6.07. The molecule has 3 heteroatoms. The number of amides is 1. The third-order valence-electron chi connectivity index (χ3n) is 4.00. The normalized spacial score (nSPS) is 16.8. The van der Waals surface area contributed by atoms with Gasteiger partial charge in [0.2, 0.25) is 0 Å². The lowest BCUT2D eigenvalue weighted by molar-refractivity contribution is 0.0955. The topological polar surface area (TPSA) is 34.0 Å². The molecule has 3 nitrogen and oxygen atoms in total. The van der Waals surface area contributed by atoms with Crippen LogP contribution in [-0.4, -0.2) is 17.0 Å². The first-order valence-electron chi connectivity index (χ1n) is 7.16. The van der Waals surface area contributed by atoms with Crippen molar-refractivity contribution in [1.29, 1.82) is 0 Å². The maximum atomic E-state index is 11.8. The molecule has 1 N–H and O–H groups in total. The minimum Gasteiger partial charge on any atom is -0.352 e. The Morgan fingerprint density at radius 3 is 2.78 bits per heavy atom. The quantitative estimate of drug-likeness (QED) is 0.872. The highest BCUT2D eigenvalue weighted by Crippen LogP contribution is 2.26. The predicted molar refractivity (Wildman–Crippen MR) is 73.8 cm³/mol. The van der Waals surface area contributed by atoms with Crippen LogP contribution < -0.4 is 5.32 Å². The second-order valence-corrected chi connectivity index (χ2v) is 5.33. The van der Waals surface area contributed by atoms with Gasteiger partial charge >= 0.3 is 0 Å². The van der Waals surface area contributed by atoms with Crippen molar-refractivity contribution < 1.29 is 4.79 Å². The first-order chi connectivity index (χ1) is 8.72. The van der Waals surface area contributed by atoms with E-state index in [1.54, 1.807) is 0 Å². The molecule has 1 saturated carbocycles. The van der Waals surface area contributed by atoms with Crippen molar-refractivity contribution in [2.24, 2.45) is 5.92 Å². The minimum absolute atomic E-state index is 0.0531. The molecule has 1 aromatic heterocycles. The molecule has 1 fully saturated rings. The lowest BCUT2D eigenvalue weighted by Crippen LogP contribution is -2.23. The van der Waals surface area contributed by atoms with Crippen LogP contribution in [0.2, 0.25) is 0 Å². The van der Waals surface area contributed by atoms with Gasteiger partial charge in [0.15, 0.2) is 0 Å². The Balaban J connectivity index is 2.03. The van der Waals surface area contributed by atoms with Gasteiger partial charge in [-0.25, -0.2) is 0 Å². The van der Waals surface area contributed by atoms with Crippen molar-refractivity contribution >= 4 is 5.91 Å². The van der Waals surface area contributed by atoms with E-state index in [1.165, 1.54) is 32.1 Å². The molecule has 0 saturated heterocycles. The molecule has 0 radical (unpaired) electrons. The number of rotatable bonds is 4. The van der Waals surface area contributed by atoms with Gasteiger partial charge in [0.25, 0.3) is 5.91 Å². The summed E-state index contributed by atoms with van der Waals surface area (Å²) in [5.74, 6) is 0.851. The fourth-order valence-electron chi connectivity index (χ4n) is 2.89. The molecule has 2 rings (SSSR count). The van der Waals surface area contributed by atoms with Crippen LogP contribution in [0.15, 0.2) is 12.3 Å². The Bertz CT molecular complexity index is 403. The Morgan fingerprint density at radius 2 is 2.11 bits per heavy atom. The van der Waals surface area contributed by atoms with E-state index in [0.29, 0.717) is 6.54 Å². The fraction of sp³-hybridized carbons (Fsp3) is 0.667. The third-order valence-corrected chi connectivity index (χ3v) is 4.00. The average Bonchev–Trinajstić information content (AvgIpc) is 2.73. The Hall–Kier alpha value is -1.25. The molecule has 1 aliphatic carbocycles. The molecule has 1 amide bonds. The van der Waals surface area contributed by atoms with Gasteiger partial charge in [0.1, 0.15) is 0 Å². The summed E-state index contributed by atoms with van der Waals surface area (Å²) in [6.07, 6.45) is 8.88. The molecule has 0 aliphatic heterocycles. The highest BCUT2D eigenvalue weighted by molar-refractivity contribution is 5.95. The molecule has 0 aromatic carbocycles. The van der Waals surface area contributed by atoms with Crippen LogP contribution in [0.3, 0.4) is 0 Å². The number of hydrogen-bond acceptors (Lipinski definition) is 1. The van der Waals surface area contributed by atoms with E-state index in [2.05, 4.69) is 16.1 Å². The lowest BCUT2D eigenvalue weighted by Gasteiger charge is -2.22. The van der Waals surface area contributed by atoms with E-state index in [9.17, 15) is 4.79 Å². The number of carbonyl (C=O) groups excluding carboxylic acids is 1. The van der Waals surface area contributed by atoms with Crippen LogP contribution in [0, 0.1) is 12.8 Å². The van der Waals surface area contributed by atoms with Crippen molar-refractivity contribution in [2.45, 2.75) is 52.5 Å². The largest absolute Gasteiger partial charge is 0.352 e. The van der Waals surface area contributed by atoms with Gasteiger partial charge in [0, 0.05) is 25.0 Å². The molecule has 18 heavy (non-hydrogen) atoms. The molecular weight excluding hydrogens is 224 g/mol. The molecule has 0 spiro atoms. The summed E-state index contributed by atoms with van der Waals surface area (Å²) in [5, 5.41) is 2.87. The van der Waals surface area contributed by atoms with Gasteiger partial charge in [-0.15, -0.1) is 0 Å². The molecular formula is C15H24N2O. The van der Waals surface area contributed by atoms with Crippen LogP contribution in [0.1, 0.15) is 55.1 Å². The first kappa shape index (κ1) is 13.2. The Morgan fingerprint density at radius 1 is 1.39 bits per heavy atom. The van der Waals surface area contributed by atoms with E-state index < -0.39 is 0 Å². The van der Waals surface area contributed by atoms with Gasteiger partial charge in [-0.1, -0.05) is 19.3 Å². The fourth-order valence-corrected chi connectivity index (χ4v) is 2.89. The maximum Gasteiger partial charge on any atom is 0.253 e. The molecule has 1 aromatic rings. The van der Waals surface area contributed by atoms with E-state index in [0.717, 1.165) is 23.7 Å². The SMILES string of the molecule is CCNC(=O)c1ccn(CC2CCCCC2)c1C. The van der Waals surface area contributed by atoms with E-state index in [4.69, 9.17) is 0 Å². The second-order valence-electron chi connectivity index (χ2n) is 5.33. The van der Waals surface area contributed by atoms with E-state index >= 15 is 0 Å². The third kappa shape index (κ3) is 2.95. The lowest BCUT2D eigenvalue weighted by atomic mass is 9.89. The van der Waals surface area contributed by atoms with Crippen LogP contribution in [-0.2, 0) is 6.54 Å². The number of carbonyl (C=O) groups is 1. The molecule has 0 bridgehead atoms. The van der Waals surface area contributed by atoms with Crippen LogP contribution >= 0.6 is 0 Å². The maximum absolute atomic E-state index is 11.8. The van der Waals surface area contributed by atoms with Gasteiger partial charge < -0.3 is 9.88 Å². The molecule has 1 heterocycles. The number of hydrogen-bond donors (Lipinski definition) is 1. The number of nitrogens with zero attached hydrogens (tertiary/aromatic N) is 1. The molecule has 1 aliphatic rings. The molecule has 0 atom stereocenters. The summed E-state index contributed by atoms with van der Waals surface area (Å²) >= 11 is 0. The number of aromatic nitrogens is 1. The zero-order valence-corrected chi connectivity index (χ0v) is 11.5.